The average molecular weight is 238 g/mol. The number of nitrogen functional groups attached to an aromatic ring is 1. The molecule has 0 fully saturated rings. The van der Waals surface area contributed by atoms with Gasteiger partial charge in [0.2, 0.25) is 0 Å². The van der Waals surface area contributed by atoms with Gasteiger partial charge in [0.15, 0.2) is 4.34 Å². The third kappa shape index (κ3) is 2.45. The van der Waals surface area contributed by atoms with Crippen LogP contribution in [0.15, 0.2) is 21.5 Å². The number of anilines is 1. The molecule has 0 spiro atoms. The highest BCUT2D eigenvalue weighted by Crippen LogP contribution is 2.32. The molecular formula is C9H10N4S2. The Bertz CT molecular complexity index is 481. The molecule has 0 unspecified atom stereocenters. The smallest absolute Gasteiger partial charge is 0.180 e. The van der Waals surface area contributed by atoms with Crippen molar-refractivity contribution >= 4 is 28.8 Å². The second-order valence-electron chi connectivity index (χ2n) is 3.04. The summed E-state index contributed by atoms with van der Waals surface area (Å²) in [6.45, 7) is 3.86. The fourth-order valence-electron chi connectivity index (χ4n) is 1.03. The molecule has 0 aliphatic carbocycles. The molecule has 4 nitrogen and oxygen atoms in total. The number of rotatable bonds is 2. The third-order valence-corrected chi connectivity index (χ3v) is 3.63. The van der Waals surface area contributed by atoms with Crippen LogP contribution in [0, 0.1) is 13.8 Å². The first-order chi connectivity index (χ1) is 7.15. The molecule has 2 aromatic rings. The zero-order valence-corrected chi connectivity index (χ0v) is 10.0. The van der Waals surface area contributed by atoms with E-state index in [4.69, 9.17) is 5.73 Å². The molecule has 2 aromatic heterocycles. The first-order valence-corrected chi connectivity index (χ1v) is 5.99. The van der Waals surface area contributed by atoms with Gasteiger partial charge in [-0.1, -0.05) is 11.3 Å². The Hall–Kier alpha value is -1.14. The molecular weight excluding hydrogens is 228 g/mol. The molecule has 15 heavy (non-hydrogen) atoms. The summed E-state index contributed by atoms with van der Waals surface area (Å²) in [7, 11) is 0. The number of nitrogens with two attached hydrogens (primary N) is 1. The molecule has 2 N–H and O–H groups in total. The van der Waals surface area contributed by atoms with Crippen molar-refractivity contribution in [2.75, 3.05) is 5.73 Å². The van der Waals surface area contributed by atoms with Gasteiger partial charge in [-0.05, 0) is 37.7 Å². The fourth-order valence-corrected chi connectivity index (χ4v) is 2.83. The van der Waals surface area contributed by atoms with Crippen molar-refractivity contribution in [3.05, 3.63) is 22.8 Å². The van der Waals surface area contributed by atoms with Crippen molar-refractivity contribution in [2.45, 2.75) is 23.2 Å². The Morgan fingerprint density at radius 3 is 2.73 bits per heavy atom. The molecule has 2 rings (SSSR count). The van der Waals surface area contributed by atoms with Crippen LogP contribution < -0.4 is 5.73 Å². The van der Waals surface area contributed by atoms with Gasteiger partial charge in [-0.2, -0.15) is 0 Å². The molecule has 6 heteroatoms. The van der Waals surface area contributed by atoms with Gasteiger partial charge in [0.05, 0.1) is 5.69 Å². The fraction of sp³-hybridized carbons (Fsp3) is 0.222. The number of hydrogen-bond donors (Lipinski definition) is 1. The average Bonchev–Trinajstić information content (AvgIpc) is 2.58. The monoisotopic (exact) mass is 238 g/mol. The second-order valence-corrected chi connectivity index (χ2v) is 5.45. The lowest BCUT2D eigenvalue weighted by Crippen LogP contribution is -1.93. The predicted molar refractivity (Wildman–Crippen MR) is 62.2 cm³/mol. The lowest BCUT2D eigenvalue weighted by Gasteiger charge is -2.02. The maximum Gasteiger partial charge on any atom is 0.180 e. The molecule has 0 aliphatic rings. The van der Waals surface area contributed by atoms with Crippen molar-refractivity contribution in [1.82, 2.24) is 15.2 Å². The summed E-state index contributed by atoms with van der Waals surface area (Å²) in [6, 6.07) is 3.75. The SMILES string of the molecule is Cc1ccc(N)c(Sc2nnc(C)s2)n1. The van der Waals surface area contributed by atoms with Crippen LogP contribution in [0.5, 0.6) is 0 Å². The standard InChI is InChI=1S/C9H10N4S2/c1-5-3-4-7(10)8(11-5)15-9-13-12-6(2)14-9/h3-4H,10H2,1-2H3. The molecule has 0 saturated heterocycles. The lowest BCUT2D eigenvalue weighted by molar-refractivity contribution is 0.979. The summed E-state index contributed by atoms with van der Waals surface area (Å²) in [5, 5.41) is 9.71. The summed E-state index contributed by atoms with van der Waals surface area (Å²) in [6.07, 6.45) is 0. The van der Waals surface area contributed by atoms with E-state index in [0.29, 0.717) is 5.69 Å². The van der Waals surface area contributed by atoms with Gasteiger partial charge in [0.1, 0.15) is 10.0 Å². The predicted octanol–water partition coefficient (Wildman–Crippen LogP) is 2.28. The Morgan fingerprint density at radius 2 is 2.07 bits per heavy atom. The zero-order valence-electron chi connectivity index (χ0n) is 8.39. The molecule has 78 valence electrons. The summed E-state index contributed by atoms with van der Waals surface area (Å²) in [5.74, 6) is 0. The number of pyridine rings is 1. The van der Waals surface area contributed by atoms with Gasteiger partial charge in [-0.15, -0.1) is 10.2 Å². The van der Waals surface area contributed by atoms with E-state index >= 15 is 0 Å². The van der Waals surface area contributed by atoms with E-state index in [1.165, 1.54) is 11.8 Å². The van der Waals surface area contributed by atoms with Crippen LogP contribution in [0.25, 0.3) is 0 Å². The Kier molecular flexibility index (Phi) is 2.88. The van der Waals surface area contributed by atoms with E-state index in [0.717, 1.165) is 20.1 Å². The van der Waals surface area contributed by atoms with Crippen LogP contribution >= 0.6 is 23.1 Å². The third-order valence-electron chi connectivity index (χ3n) is 1.72. The van der Waals surface area contributed by atoms with Gasteiger partial charge in [-0.3, -0.25) is 0 Å². The van der Waals surface area contributed by atoms with Crippen LogP contribution in [-0.2, 0) is 0 Å². The summed E-state index contributed by atoms with van der Waals surface area (Å²) >= 11 is 3.00. The van der Waals surface area contributed by atoms with E-state index < -0.39 is 0 Å². The molecule has 0 radical (unpaired) electrons. The second kappa shape index (κ2) is 4.16. The van der Waals surface area contributed by atoms with Crippen LogP contribution in [0.2, 0.25) is 0 Å². The molecule has 0 amide bonds. The first kappa shape index (κ1) is 10.4. The minimum atomic E-state index is 0.679. The molecule has 0 atom stereocenters. The summed E-state index contributed by atoms with van der Waals surface area (Å²) < 4.78 is 0.873. The van der Waals surface area contributed by atoms with Crippen molar-refractivity contribution in [3.8, 4) is 0 Å². The Balaban J connectivity index is 2.27. The van der Waals surface area contributed by atoms with Crippen LogP contribution in [0.4, 0.5) is 5.69 Å². The Labute approximate surface area is 95.9 Å². The highest BCUT2D eigenvalue weighted by Gasteiger charge is 2.07. The normalized spacial score (nSPS) is 10.5. The van der Waals surface area contributed by atoms with E-state index in [9.17, 15) is 0 Å². The Morgan fingerprint density at radius 1 is 1.27 bits per heavy atom. The van der Waals surface area contributed by atoms with E-state index in [1.807, 2.05) is 26.0 Å². The highest BCUT2D eigenvalue weighted by atomic mass is 32.2. The highest BCUT2D eigenvalue weighted by molar-refractivity contribution is 8.01. The molecule has 0 saturated carbocycles. The van der Waals surface area contributed by atoms with Gasteiger partial charge >= 0.3 is 0 Å². The van der Waals surface area contributed by atoms with Crippen LogP contribution in [0.1, 0.15) is 10.7 Å². The number of hydrogen-bond acceptors (Lipinski definition) is 6. The van der Waals surface area contributed by atoms with E-state index in [1.54, 1.807) is 11.3 Å². The van der Waals surface area contributed by atoms with E-state index in [-0.39, 0.29) is 0 Å². The van der Waals surface area contributed by atoms with Crippen molar-refractivity contribution in [3.63, 3.8) is 0 Å². The van der Waals surface area contributed by atoms with Gasteiger partial charge in [0, 0.05) is 5.69 Å². The van der Waals surface area contributed by atoms with Gasteiger partial charge in [-0.25, -0.2) is 4.98 Å². The topological polar surface area (TPSA) is 64.7 Å². The summed E-state index contributed by atoms with van der Waals surface area (Å²) in [4.78, 5) is 4.35. The minimum Gasteiger partial charge on any atom is -0.397 e. The molecule has 0 aliphatic heterocycles. The number of aromatic nitrogens is 3. The van der Waals surface area contributed by atoms with Crippen molar-refractivity contribution in [1.29, 1.82) is 0 Å². The van der Waals surface area contributed by atoms with E-state index in [2.05, 4.69) is 15.2 Å². The van der Waals surface area contributed by atoms with Crippen LogP contribution in [-0.4, -0.2) is 15.2 Å². The van der Waals surface area contributed by atoms with Crippen molar-refractivity contribution in [2.24, 2.45) is 0 Å². The molecule has 0 bridgehead atoms. The van der Waals surface area contributed by atoms with Gasteiger partial charge in [0.25, 0.3) is 0 Å². The first-order valence-electron chi connectivity index (χ1n) is 4.36. The van der Waals surface area contributed by atoms with Crippen LogP contribution in [0.3, 0.4) is 0 Å². The zero-order chi connectivity index (χ0) is 10.8. The van der Waals surface area contributed by atoms with Gasteiger partial charge < -0.3 is 5.73 Å². The maximum atomic E-state index is 5.82. The minimum absolute atomic E-state index is 0.679. The molecule has 2 heterocycles. The number of nitrogens with zero attached hydrogens (tertiary/aromatic N) is 3. The summed E-state index contributed by atoms with van der Waals surface area (Å²) in [5.41, 5.74) is 7.45. The largest absolute Gasteiger partial charge is 0.397 e. The number of aryl methyl sites for hydroxylation is 2. The molecule has 0 aromatic carbocycles. The lowest BCUT2D eigenvalue weighted by atomic mass is 10.3. The quantitative estimate of drug-likeness (QED) is 0.869. The maximum absolute atomic E-state index is 5.82. The van der Waals surface area contributed by atoms with Crippen molar-refractivity contribution < 1.29 is 0 Å².